The van der Waals surface area contributed by atoms with Gasteiger partial charge >= 0.3 is 6.03 Å². The van der Waals surface area contributed by atoms with Gasteiger partial charge in [-0.1, -0.05) is 50.9 Å². The average molecular weight is 668 g/mol. The van der Waals surface area contributed by atoms with E-state index in [0.717, 1.165) is 51.6 Å². The molecule has 3 fully saturated rings. The van der Waals surface area contributed by atoms with Crippen LogP contribution in [0.25, 0.3) is 0 Å². The van der Waals surface area contributed by atoms with Crippen LogP contribution in [-0.2, 0) is 22.4 Å². The fraction of sp³-hybridized carbons (Fsp3) is 0.657. The third-order valence-electron chi connectivity index (χ3n) is 10.5. The molecule has 0 bridgehead atoms. The first-order valence-electron chi connectivity index (χ1n) is 17.5. The summed E-state index contributed by atoms with van der Waals surface area (Å²) in [5.74, 6) is -1.62. The van der Waals surface area contributed by atoms with Crippen molar-refractivity contribution in [3.05, 3.63) is 46.5 Å². The molecule has 2 saturated heterocycles. The molecular weight excluding hydrogens is 617 g/mol. The number of amides is 4. The summed E-state index contributed by atoms with van der Waals surface area (Å²) in [5, 5.41) is 13.4. The maximum Gasteiger partial charge on any atom is 0.318 e. The van der Waals surface area contributed by atoms with Gasteiger partial charge < -0.3 is 25.3 Å². The number of aryl methyl sites for hydroxylation is 1. The topological polar surface area (TPSA) is 141 Å². The van der Waals surface area contributed by atoms with Crippen molar-refractivity contribution in [2.24, 2.45) is 11.8 Å². The molecule has 3 heterocycles. The fourth-order valence-corrected chi connectivity index (χ4v) is 7.15. The second kappa shape index (κ2) is 16.0. The van der Waals surface area contributed by atoms with Crippen LogP contribution in [0.5, 0.6) is 0 Å². The summed E-state index contributed by atoms with van der Waals surface area (Å²) in [4.78, 5) is 59.6. The Hall–Kier alpha value is -3.87. The Balaban J connectivity index is 1.33. The first kappa shape index (κ1) is 35.4. The second-order valence-corrected chi connectivity index (χ2v) is 13.9. The Morgan fingerprint density at radius 2 is 1.65 bits per heavy atom. The lowest BCUT2D eigenvalue weighted by molar-refractivity contribution is -0.135. The molecule has 12 nitrogen and oxygen atoms in total. The molecule has 5 rings (SSSR count). The van der Waals surface area contributed by atoms with Gasteiger partial charge in [0.2, 0.25) is 5.91 Å². The summed E-state index contributed by atoms with van der Waals surface area (Å²) in [6.45, 7) is 9.70. The van der Waals surface area contributed by atoms with Gasteiger partial charge in [-0.3, -0.25) is 14.4 Å². The van der Waals surface area contributed by atoms with Gasteiger partial charge in [-0.2, -0.15) is 0 Å². The van der Waals surface area contributed by atoms with E-state index in [1.54, 1.807) is 21.9 Å². The number of carbonyl (C=O) groups is 4. The van der Waals surface area contributed by atoms with E-state index >= 15 is 4.39 Å². The smallest absolute Gasteiger partial charge is 0.318 e. The minimum atomic E-state index is -0.874. The SMILES string of the molecule is CCc1nonc1C(=O)N[C@H](C(=O)Cc1ccc([C@H](C)[C@@H](NC(=O)N2CCCC2)C(=O)N2CCN(C)CC2)cc1F)C1CCC(C)CC1. The number of Topliss-reactive ketones (excluding diaryl/α,β-unsaturated/α-hetero) is 1. The van der Waals surface area contributed by atoms with Crippen molar-refractivity contribution >= 4 is 23.6 Å². The number of benzene rings is 1. The molecule has 2 aliphatic heterocycles. The number of hydrogen-bond acceptors (Lipinski definition) is 8. The molecule has 13 heteroatoms. The number of halogens is 1. The molecule has 0 spiro atoms. The van der Waals surface area contributed by atoms with E-state index in [0.29, 0.717) is 49.8 Å². The summed E-state index contributed by atoms with van der Waals surface area (Å²) >= 11 is 0. The van der Waals surface area contributed by atoms with Crippen LogP contribution in [0.2, 0.25) is 0 Å². The van der Waals surface area contributed by atoms with Crippen molar-refractivity contribution in [3.63, 3.8) is 0 Å². The van der Waals surface area contributed by atoms with Gasteiger partial charge in [0.25, 0.3) is 5.91 Å². The van der Waals surface area contributed by atoms with Gasteiger partial charge in [0, 0.05) is 51.6 Å². The van der Waals surface area contributed by atoms with Gasteiger partial charge in [-0.15, -0.1) is 0 Å². The van der Waals surface area contributed by atoms with Crippen LogP contribution in [0.3, 0.4) is 0 Å². The van der Waals surface area contributed by atoms with Crippen LogP contribution in [0.15, 0.2) is 22.8 Å². The van der Waals surface area contributed by atoms with E-state index in [9.17, 15) is 19.2 Å². The Labute approximate surface area is 282 Å². The molecule has 0 unspecified atom stereocenters. The largest absolute Gasteiger partial charge is 0.340 e. The first-order valence-corrected chi connectivity index (χ1v) is 17.5. The number of likely N-dealkylation sites (tertiary alicyclic amines) is 1. The molecule has 1 aliphatic carbocycles. The zero-order chi connectivity index (χ0) is 34.4. The van der Waals surface area contributed by atoms with Crippen molar-refractivity contribution in [1.82, 2.24) is 35.6 Å². The van der Waals surface area contributed by atoms with E-state index < -0.39 is 29.7 Å². The lowest BCUT2D eigenvalue weighted by atomic mass is 9.77. The van der Waals surface area contributed by atoms with Gasteiger partial charge in [0.15, 0.2) is 11.5 Å². The lowest BCUT2D eigenvalue weighted by Gasteiger charge is -2.36. The molecule has 2 aromatic rings. The van der Waals surface area contributed by atoms with Crippen LogP contribution in [0.1, 0.15) is 92.5 Å². The van der Waals surface area contributed by atoms with E-state index in [4.69, 9.17) is 4.63 Å². The van der Waals surface area contributed by atoms with Crippen LogP contribution in [-0.4, -0.2) is 107 Å². The van der Waals surface area contributed by atoms with Gasteiger partial charge in [-0.25, -0.2) is 13.8 Å². The predicted molar refractivity (Wildman–Crippen MR) is 177 cm³/mol. The number of ketones is 1. The number of nitrogens with one attached hydrogen (secondary N) is 2. The second-order valence-electron chi connectivity index (χ2n) is 13.9. The summed E-state index contributed by atoms with van der Waals surface area (Å²) in [6.07, 6.45) is 5.54. The molecule has 262 valence electrons. The summed E-state index contributed by atoms with van der Waals surface area (Å²) < 4.78 is 20.6. The van der Waals surface area contributed by atoms with E-state index in [1.165, 1.54) is 6.07 Å². The quantitative estimate of drug-likeness (QED) is 0.371. The zero-order valence-electron chi connectivity index (χ0n) is 28.7. The third-order valence-corrected chi connectivity index (χ3v) is 10.5. The standard InChI is InChI=1S/C35H50FN7O5/c1-5-28-32(40-48-39-28)33(45)37-31(24-10-8-22(2)9-11-24)29(44)21-26-13-12-25(20-27(26)36)23(3)30(38-35(47)43-14-6-7-15-43)34(46)42-18-16-41(4)17-19-42/h12-13,20,22-24,30-31H,5-11,14-19,21H2,1-4H3,(H,37,45)(H,38,47)/t22?,23-,24?,30+,31-/m0/s1. The Bertz CT molecular complexity index is 1440. The van der Waals surface area contributed by atoms with Crippen molar-refractivity contribution in [2.45, 2.75) is 90.1 Å². The number of urea groups is 1. The predicted octanol–water partition coefficient (Wildman–Crippen LogP) is 3.56. The van der Waals surface area contributed by atoms with Crippen LogP contribution in [0.4, 0.5) is 9.18 Å². The number of hydrogen-bond donors (Lipinski definition) is 2. The van der Waals surface area contributed by atoms with Crippen molar-refractivity contribution in [1.29, 1.82) is 0 Å². The molecule has 2 N–H and O–H groups in total. The number of piperazine rings is 1. The maximum absolute atomic E-state index is 15.8. The summed E-state index contributed by atoms with van der Waals surface area (Å²) in [6, 6.07) is 2.71. The number of likely N-dealkylation sites (N-methyl/N-ethyl adjacent to an activating group) is 1. The molecule has 3 aliphatic rings. The third kappa shape index (κ3) is 8.40. The normalized spacial score (nSPS) is 22.2. The lowest BCUT2D eigenvalue weighted by Crippen LogP contribution is -2.57. The van der Waals surface area contributed by atoms with Gasteiger partial charge in [0.1, 0.15) is 17.6 Å². The highest BCUT2D eigenvalue weighted by atomic mass is 19.1. The van der Waals surface area contributed by atoms with E-state index in [2.05, 4.69) is 32.8 Å². The number of aromatic nitrogens is 2. The van der Waals surface area contributed by atoms with Crippen molar-refractivity contribution in [2.75, 3.05) is 46.3 Å². The Morgan fingerprint density at radius 3 is 2.29 bits per heavy atom. The summed E-state index contributed by atoms with van der Waals surface area (Å²) in [5.41, 5.74) is 1.23. The maximum atomic E-state index is 15.8. The molecule has 48 heavy (non-hydrogen) atoms. The number of nitrogens with zero attached hydrogens (tertiary/aromatic N) is 5. The minimum Gasteiger partial charge on any atom is -0.340 e. The molecular formula is C35H50FN7O5. The molecule has 1 saturated carbocycles. The number of rotatable bonds is 11. The Morgan fingerprint density at radius 1 is 0.958 bits per heavy atom. The van der Waals surface area contributed by atoms with E-state index in [-0.39, 0.29) is 41.3 Å². The molecule has 4 amide bonds. The van der Waals surface area contributed by atoms with Crippen molar-refractivity contribution in [3.8, 4) is 0 Å². The fourth-order valence-electron chi connectivity index (χ4n) is 7.15. The first-order chi connectivity index (χ1) is 23.0. The highest BCUT2D eigenvalue weighted by Crippen LogP contribution is 2.32. The Kier molecular flexibility index (Phi) is 11.8. The molecule has 1 aromatic heterocycles. The molecule has 1 aromatic carbocycles. The van der Waals surface area contributed by atoms with Crippen molar-refractivity contribution < 1.29 is 28.2 Å². The monoisotopic (exact) mass is 667 g/mol. The summed E-state index contributed by atoms with van der Waals surface area (Å²) in [7, 11) is 2.01. The van der Waals surface area contributed by atoms with Crippen LogP contribution >= 0.6 is 0 Å². The highest BCUT2D eigenvalue weighted by Gasteiger charge is 2.36. The highest BCUT2D eigenvalue weighted by molar-refractivity contribution is 5.97. The molecule has 3 atom stereocenters. The zero-order valence-corrected chi connectivity index (χ0v) is 28.7. The number of carbonyl (C=O) groups excluding carboxylic acids is 4. The van der Waals surface area contributed by atoms with Crippen LogP contribution in [0, 0.1) is 17.7 Å². The van der Waals surface area contributed by atoms with Crippen LogP contribution < -0.4 is 10.6 Å². The van der Waals surface area contributed by atoms with Gasteiger partial charge in [-0.05, 0) is 73.3 Å². The van der Waals surface area contributed by atoms with Gasteiger partial charge in [0.05, 0.1) is 6.04 Å². The van der Waals surface area contributed by atoms with E-state index in [1.807, 2.05) is 20.9 Å². The average Bonchev–Trinajstić information content (AvgIpc) is 3.80. The minimum absolute atomic E-state index is 0.0569. The molecule has 0 radical (unpaired) electrons.